The van der Waals surface area contributed by atoms with Crippen LogP contribution in [-0.4, -0.2) is 19.1 Å². The van der Waals surface area contributed by atoms with Crippen LogP contribution in [0.15, 0.2) is 72.8 Å². The van der Waals surface area contributed by atoms with E-state index in [1.165, 1.54) is 0 Å². The van der Waals surface area contributed by atoms with E-state index in [4.69, 9.17) is 14.2 Å². The van der Waals surface area contributed by atoms with Gasteiger partial charge in [-0.15, -0.1) is 0 Å². The summed E-state index contributed by atoms with van der Waals surface area (Å²) in [5, 5.41) is 3.03. The van der Waals surface area contributed by atoms with Crippen molar-refractivity contribution in [1.82, 2.24) is 5.32 Å². The van der Waals surface area contributed by atoms with E-state index in [-0.39, 0.29) is 11.9 Å². The molecule has 0 heterocycles. The summed E-state index contributed by atoms with van der Waals surface area (Å²) >= 11 is 0. The van der Waals surface area contributed by atoms with Crippen LogP contribution in [0, 0.1) is 0 Å². The smallest absolute Gasteiger partial charge is 0.251 e. The summed E-state index contributed by atoms with van der Waals surface area (Å²) in [4.78, 5) is 12.8. The van der Waals surface area contributed by atoms with Crippen molar-refractivity contribution in [3.8, 4) is 23.0 Å². The minimum atomic E-state index is -0.203. The molecular weight excluding hydrogens is 378 g/mol. The van der Waals surface area contributed by atoms with Crippen molar-refractivity contribution < 1.29 is 19.0 Å². The van der Waals surface area contributed by atoms with Gasteiger partial charge in [0.1, 0.15) is 11.5 Å². The van der Waals surface area contributed by atoms with Crippen LogP contribution in [-0.2, 0) is 0 Å². The second kappa shape index (κ2) is 10.3. The zero-order valence-electron chi connectivity index (χ0n) is 17.6. The zero-order valence-corrected chi connectivity index (χ0v) is 17.6. The highest BCUT2D eigenvalue weighted by atomic mass is 16.5. The standard InChI is InChI=1S/C25H27NO4/c1-4-28-23-15-14-19(17-24(23)29-5-2)18(3)26-25(27)20-10-9-13-22(16-20)30-21-11-7-6-8-12-21/h6-18H,4-5H2,1-3H3,(H,26,27)/t18-/m1/s1. The fraction of sp³-hybridized carbons (Fsp3) is 0.240. The van der Waals surface area contributed by atoms with Gasteiger partial charge in [0.05, 0.1) is 19.3 Å². The van der Waals surface area contributed by atoms with E-state index in [9.17, 15) is 4.79 Å². The molecule has 30 heavy (non-hydrogen) atoms. The molecule has 5 heteroatoms. The highest BCUT2D eigenvalue weighted by molar-refractivity contribution is 5.94. The van der Waals surface area contributed by atoms with E-state index in [1.807, 2.05) is 81.4 Å². The van der Waals surface area contributed by atoms with E-state index in [2.05, 4.69) is 5.32 Å². The first-order valence-electron chi connectivity index (χ1n) is 10.1. The molecule has 3 rings (SSSR count). The first-order valence-corrected chi connectivity index (χ1v) is 10.1. The zero-order chi connectivity index (χ0) is 21.3. The van der Waals surface area contributed by atoms with Crippen LogP contribution in [0.5, 0.6) is 23.0 Å². The number of amides is 1. The van der Waals surface area contributed by atoms with Gasteiger partial charge < -0.3 is 19.5 Å². The Kier molecular flexibility index (Phi) is 7.33. The highest BCUT2D eigenvalue weighted by Crippen LogP contribution is 2.31. The molecule has 1 amide bonds. The van der Waals surface area contributed by atoms with Gasteiger partial charge in [-0.3, -0.25) is 4.79 Å². The lowest BCUT2D eigenvalue weighted by atomic mass is 10.1. The van der Waals surface area contributed by atoms with E-state index in [0.717, 1.165) is 11.3 Å². The molecule has 0 aliphatic heterocycles. The van der Waals surface area contributed by atoms with Crippen molar-refractivity contribution in [3.63, 3.8) is 0 Å². The van der Waals surface area contributed by atoms with Gasteiger partial charge in [-0.1, -0.05) is 30.3 Å². The number of carbonyl (C=O) groups is 1. The van der Waals surface area contributed by atoms with Gasteiger partial charge in [-0.2, -0.15) is 0 Å². The average Bonchev–Trinajstić information content (AvgIpc) is 2.76. The number of hydrogen-bond donors (Lipinski definition) is 1. The molecule has 0 saturated carbocycles. The Bertz CT molecular complexity index is 972. The second-order valence-corrected chi connectivity index (χ2v) is 6.71. The molecule has 0 unspecified atom stereocenters. The van der Waals surface area contributed by atoms with Gasteiger partial charge in [0.2, 0.25) is 0 Å². The number of nitrogens with one attached hydrogen (secondary N) is 1. The first kappa shape index (κ1) is 21.2. The van der Waals surface area contributed by atoms with E-state index >= 15 is 0 Å². The third-order valence-electron chi connectivity index (χ3n) is 4.49. The van der Waals surface area contributed by atoms with Gasteiger partial charge in [0, 0.05) is 5.56 Å². The molecule has 0 fully saturated rings. The predicted octanol–water partition coefficient (Wildman–Crippen LogP) is 5.77. The lowest BCUT2D eigenvalue weighted by Crippen LogP contribution is -2.26. The van der Waals surface area contributed by atoms with Crippen LogP contribution in [0.4, 0.5) is 0 Å². The summed E-state index contributed by atoms with van der Waals surface area (Å²) in [7, 11) is 0. The molecule has 0 radical (unpaired) electrons. The Hall–Kier alpha value is -3.47. The number of rotatable bonds is 9. The van der Waals surface area contributed by atoms with E-state index in [1.54, 1.807) is 12.1 Å². The summed E-state index contributed by atoms with van der Waals surface area (Å²) in [6.45, 7) is 6.90. The van der Waals surface area contributed by atoms with Crippen LogP contribution in [0.3, 0.4) is 0 Å². The molecule has 0 aromatic heterocycles. The number of hydrogen-bond acceptors (Lipinski definition) is 4. The van der Waals surface area contributed by atoms with Crippen LogP contribution in [0.1, 0.15) is 42.7 Å². The van der Waals surface area contributed by atoms with Crippen molar-refractivity contribution in [1.29, 1.82) is 0 Å². The highest BCUT2D eigenvalue weighted by Gasteiger charge is 2.15. The van der Waals surface area contributed by atoms with Crippen LogP contribution < -0.4 is 19.5 Å². The SMILES string of the molecule is CCOc1ccc([C@@H](C)NC(=O)c2cccc(Oc3ccccc3)c2)cc1OCC. The molecule has 0 bridgehead atoms. The lowest BCUT2D eigenvalue weighted by molar-refractivity contribution is 0.0939. The van der Waals surface area contributed by atoms with Gasteiger partial charge >= 0.3 is 0 Å². The molecule has 1 atom stereocenters. The monoisotopic (exact) mass is 405 g/mol. The molecule has 5 nitrogen and oxygen atoms in total. The summed E-state index contributed by atoms with van der Waals surface area (Å²) in [5.74, 6) is 2.54. The Morgan fingerprint density at radius 3 is 2.27 bits per heavy atom. The molecule has 0 saturated heterocycles. The topological polar surface area (TPSA) is 56.8 Å². The van der Waals surface area contributed by atoms with Crippen molar-refractivity contribution in [2.24, 2.45) is 0 Å². The molecule has 0 aliphatic rings. The third kappa shape index (κ3) is 5.54. The number of carbonyl (C=O) groups excluding carboxylic acids is 1. The van der Waals surface area contributed by atoms with Gasteiger partial charge in [0.25, 0.3) is 5.91 Å². The number of ether oxygens (including phenoxy) is 3. The maximum atomic E-state index is 12.8. The Labute approximate surface area is 177 Å². The summed E-state index contributed by atoms with van der Waals surface area (Å²) < 4.78 is 17.1. The van der Waals surface area contributed by atoms with E-state index in [0.29, 0.717) is 36.0 Å². The molecule has 156 valence electrons. The molecule has 3 aromatic rings. The van der Waals surface area contributed by atoms with Gasteiger partial charge in [-0.05, 0) is 68.8 Å². The van der Waals surface area contributed by atoms with Crippen LogP contribution >= 0.6 is 0 Å². The number of benzene rings is 3. The van der Waals surface area contributed by atoms with Crippen molar-refractivity contribution in [3.05, 3.63) is 83.9 Å². The summed E-state index contributed by atoms with van der Waals surface area (Å²) in [6, 6.07) is 22.1. The molecule has 0 aliphatic carbocycles. The molecule has 1 N–H and O–H groups in total. The fourth-order valence-corrected chi connectivity index (χ4v) is 3.03. The van der Waals surface area contributed by atoms with Gasteiger partial charge in [-0.25, -0.2) is 0 Å². The number of para-hydroxylation sites is 1. The average molecular weight is 405 g/mol. The summed E-state index contributed by atoms with van der Waals surface area (Å²) in [6.07, 6.45) is 0. The Balaban J connectivity index is 1.71. The molecule has 3 aromatic carbocycles. The quantitative estimate of drug-likeness (QED) is 0.491. The molecular formula is C25H27NO4. The first-order chi connectivity index (χ1) is 14.6. The molecule has 0 spiro atoms. The fourth-order valence-electron chi connectivity index (χ4n) is 3.03. The maximum absolute atomic E-state index is 12.8. The van der Waals surface area contributed by atoms with Crippen molar-refractivity contribution in [2.75, 3.05) is 13.2 Å². The van der Waals surface area contributed by atoms with Crippen LogP contribution in [0.25, 0.3) is 0 Å². The predicted molar refractivity (Wildman–Crippen MR) is 118 cm³/mol. The normalized spacial score (nSPS) is 11.4. The second-order valence-electron chi connectivity index (χ2n) is 6.71. The largest absolute Gasteiger partial charge is 0.490 e. The summed E-state index contributed by atoms with van der Waals surface area (Å²) in [5.41, 5.74) is 1.47. The minimum Gasteiger partial charge on any atom is -0.490 e. The van der Waals surface area contributed by atoms with Crippen LogP contribution in [0.2, 0.25) is 0 Å². The third-order valence-corrected chi connectivity index (χ3v) is 4.49. The Morgan fingerprint density at radius 1 is 0.833 bits per heavy atom. The van der Waals surface area contributed by atoms with Crippen molar-refractivity contribution in [2.45, 2.75) is 26.8 Å². The lowest BCUT2D eigenvalue weighted by Gasteiger charge is -2.18. The minimum absolute atomic E-state index is 0.173. The van der Waals surface area contributed by atoms with Gasteiger partial charge in [0.15, 0.2) is 11.5 Å². The van der Waals surface area contributed by atoms with E-state index < -0.39 is 0 Å². The van der Waals surface area contributed by atoms with Crippen molar-refractivity contribution >= 4 is 5.91 Å². The Morgan fingerprint density at radius 2 is 1.53 bits per heavy atom. The maximum Gasteiger partial charge on any atom is 0.251 e.